The predicted molar refractivity (Wildman–Crippen MR) is 122 cm³/mol. The molecule has 1 saturated carbocycles. The summed E-state index contributed by atoms with van der Waals surface area (Å²) < 4.78 is 9.69. The average Bonchev–Trinajstić information content (AvgIpc) is 2.80. The highest BCUT2D eigenvalue weighted by molar-refractivity contribution is 6.04. The fraction of sp³-hybridized carbons (Fsp3) is 0.320. The maximum Gasteiger partial charge on any atom is 0.513 e. The normalized spacial score (nSPS) is 13.1. The lowest BCUT2D eigenvalue weighted by molar-refractivity contribution is -0.116. The zero-order chi connectivity index (χ0) is 22.8. The molecule has 168 valence electrons. The molecule has 1 aliphatic rings. The van der Waals surface area contributed by atoms with E-state index in [-0.39, 0.29) is 18.4 Å². The molecule has 0 atom stereocenters. The number of allylic oxidation sites excluding steroid dienone is 1. The van der Waals surface area contributed by atoms with Gasteiger partial charge < -0.3 is 20.1 Å². The van der Waals surface area contributed by atoms with Crippen molar-refractivity contribution in [3.05, 3.63) is 71.3 Å². The summed E-state index contributed by atoms with van der Waals surface area (Å²) in [6, 6.07) is 13.5. The Labute approximate surface area is 187 Å². The minimum atomic E-state index is -0.786. The van der Waals surface area contributed by atoms with Gasteiger partial charge in [-0.15, -0.1) is 0 Å². The summed E-state index contributed by atoms with van der Waals surface area (Å²) in [6.07, 6.45) is 6.56. The van der Waals surface area contributed by atoms with Crippen LogP contribution in [0.3, 0.4) is 0 Å². The van der Waals surface area contributed by atoms with Crippen LogP contribution in [0.15, 0.2) is 60.2 Å². The second kappa shape index (κ2) is 11.7. The lowest BCUT2D eigenvalue weighted by Crippen LogP contribution is -2.21. The Morgan fingerprint density at radius 3 is 2.28 bits per heavy atom. The number of carbonyl (C=O) groups is 3. The SMILES string of the molecule is CCOC(=O)Oc1ccc(C(=O)Nc2ccc(CNC(=O)C=C3CCCCC3)cc2)cc1. The molecule has 0 radical (unpaired) electrons. The summed E-state index contributed by atoms with van der Waals surface area (Å²) in [5.41, 5.74) is 3.24. The third-order valence-corrected chi connectivity index (χ3v) is 5.09. The van der Waals surface area contributed by atoms with Gasteiger partial charge in [-0.3, -0.25) is 9.59 Å². The quantitative estimate of drug-likeness (QED) is 0.363. The van der Waals surface area contributed by atoms with Crippen molar-refractivity contribution >= 4 is 23.7 Å². The van der Waals surface area contributed by atoms with Gasteiger partial charge in [-0.1, -0.05) is 24.1 Å². The molecule has 2 amide bonds. The van der Waals surface area contributed by atoms with Crippen molar-refractivity contribution in [3.8, 4) is 5.75 Å². The average molecular weight is 437 g/mol. The first-order valence-corrected chi connectivity index (χ1v) is 10.9. The van der Waals surface area contributed by atoms with Gasteiger partial charge in [0.2, 0.25) is 5.91 Å². The highest BCUT2D eigenvalue weighted by atomic mass is 16.7. The molecular weight excluding hydrogens is 408 g/mol. The van der Waals surface area contributed by atoms with E-state index in [0.717, 1.165) is 31.2 Å². The fourth-order valence-corrected chi connectivity index (χ4v) is 3.40. The summed E-state index contributed by atoms with van der Waals surface area (Å²) in [6.45, 7) is 2.34. The summed E-state index contributed by atoms with van der Waals surface area (Å²) in [7, 11) is 0. The van der Waals surface area contributed by atoms with Gasteiger partial charge >= 0.3 is 6.16 Å². The Kier molecular flexibility index (Phi) is 8.43. The van der Waals surface area contributed by atoms with Gasteiger partial charge in [0.05, 0.1) is 6.61 Å². The first-order chi connectivity index (χ1) is 15.5. The van der Waals surface area contributed by atoms with Gasteiger partial charge in [0.15, 0.2) is 0 Å². The van der Waals surface area contributed by atoms with Gasteiger partial charge in [-0.2, -0.15) is 0 Å². The van der Waals surface area contributed by atoms with Crippen LogP contribution in [0, 0.1) is 0 Å². The van der Waals surface area contributed by atoms with Crippen molar-refractivity contribution in [2.75, 3.05) is 11.9 Å². The summed E-state index contributed by atoms with van der Waals surface area (Å²) >= 11 is 0. The Morgan fingerprint density at radius 2 is 1.62 bits per heavy atom. The largest absolute Gasteiger partial charge is 0.513 e. The van der Waals surface area contributed by atoms with Crippen molar-refractivity contribution in [2.24, 2.45) is 0 Å². The Balaban J connectivity index is 1.47. The molecule has 0 aliphatic heterocycles. The van der Waals surface area contributed by atoms with Gasteiger partial charge in [0.1, 0.15) is 5.75 Å². The van der Waals surface area contributed by atoms with Crippen LogP contribution in [0.1, 0.15) is 54.9 Å². The van der Waals surface area contributed by atoms with E-state index in [1.807, 2.05) is 12.1 Å². The molecule has 0 aromatic heterocycles. The Hall–Kier alpha value is -3.61. The van der Waals surface area contributed by atoms with Crippen molar-refractivity contribution in [1.29, 1.82) is 0 Å². The molecule has 1 aliphatic carbocycles. The molecule has 0 heterocycles. The van der Waals surface area contributed by atoms with E-state index in [2.05, 4.69) is 10.6 Å². The Bertz CT molecular complexity index is 957. The van der Waals surface area contributed by atoms with Crippen LogP contribution in [0.4, 0.5) is 10.5 Å². The number of carbonyl (C=O) groups excluding carboxylic acids is 3. The van der Waals surface area contributed by atoms with E-state index in [4.69, 9.17) is 9.47 Å². The third-order valence-electron chi connectivity index (χ3n) is 5.09. The molecule has 7 nitrogen and oxygen atoms in total. The van der Waals surface area contributed by atoms with Crippen LogP contribution in [-0.2, 0) is 16.1 Å². The van der Waals surface area contributed by atoms with Crippen molar-refractivity contribution in [1.82, 2.24) is 5.32 Å². The predicted octanol–water partition coefficient (Wildman–Crippen LogP) is 4.98. The summed E-state index contributed by atoms with van der Waals surface area (Å²) in [4.78, 5) is 35.8. The monoisotopic (exact) mass is 436 g/mol. The first-order valence-electron chi connectivity index (χ1n) is 10.9. The van der Waals surface area contributed by atoms with Gasteiger partial charge in [0.25, 0.3) is 5.91 Å². The molecule has 1 fully saturated rings. The lowest BCUT2D eigenvalue weighted by atomic mass is 9.94. The van der Waals surface area contributed by atoms with Gasteiger partial charge in [0, 0.05) is 23.9 Å². The van der Waals surface area contributed by atoms with Gasteiger partial charge in [-0.25, -0.2) is 4.79 Å². The zero-order valence-corrected chi connectivity index (χ0v) is 18.2. The fourth-order valence-electron chi connectivity index (χ4n) is 3.40. The first kappa shape index (κ1) is 23.1. The number of nitrogens with one attached hydrogen (secondary N) is 2. The highest BCUT2D eigenvalue weighted by Gasteiger charge is 2.10. The number of hydrogen-bond acceptors (Lipinski definition) is 5. The van der Waals surface area contributed by atoms with Crippen LogP contribution in [0.2, 0.25) is 0 Å². The highest BCUT2D eigenvalue weighted by Crippen LogP contribution is 2.22. The standard InChI is InChI=1S/C25H28N2O5/c1-2-31-25(30)32-22-14-10-20(11-15-22)24(29)27-21-12-8-19(9-13-21)17-26-23(28)16-18-6-4-3-5-7-18/h8-16H,2-7,17H2,1H3,(H,26,28)(H,27,29). The minimum absolute atomic E-state index is 0.0605. The van der Waals surface area contributed by atoms with Crippen LogP contribution in [0.5, 0.6) is 5.75 Å². The van der Waals surface area contributed by atoms with E-state index in [9.17, 15) is 14.4 Å². The molecule has 32 heavy (non-hydrogen) atoms. The molecule has 3 rings (SSSR count). The van der Waals surface area contributed by atoms with E-state index >= 15 is 0 Å². The number of anilines is 1. The third kappa shape index (κ3) is 7.27. The molecule has 7 heteroatoms. The van der Waals surface area contributed by atoms with Crippen molar-refractivity contribution < 1.29 is 23.9 Å². The maximum atomic E-state index is 12.4. The van der Waals surface area contributed by atoms with Crippen LogP contribution in [-0.4, -0.2) is 24.6 Å². The molecule has 0 spiro atoms. The van der Waals surface area contributed by atoms with E-state index < -0.39 is 6.16 Å². The molecule has 0 bridgehead atoms. The number of ether oxygens (including phenoxy) is 2. The van der Waals surface area contributed by atoms with Crippen molar-refractivity contribution in [2.45, 2.75) is 45.6 Å². The maximum absolute atomic E-state index is 12.4. The number of amides is 2. The smallest absolute Gasteiger partial charge is 0.434 e. The molecule has 2 N–H and O–H groups in total. The van der Waals surface area contributed by atoms with Gasteiger partial charge in [-0.05, 0) is 74.6 Å². The second-order valence-electron chi connectivity index (χ2n) is 7.54. The molecule has 2 aromatic carbocycles. The lowest BCUT2D eigenvalue weighted by Gasteiger charge is -2.13. The summed E-state index contributed by atoms with van der Waals surface area (Å²) in [5, 5.41) is 5.73. The topological polar surface area (TPSA) is 93.7 Å². The van der Waals surface area contributed by atoms with E-state index in [0.29, 0.717) is 23.5 Å². The molecule has 0 unspecified atom stereocenters. The van der Waals surface area contributed by atoms with E-state index in [1.165, 1.54) is 24.1 Å². The minimum Gasteiger partial charge on any atom is -0.434 e. The van der Waals surface area contributed by atoms with Crippen LogP contribution >= 0.6 is 0 Å². The number of benzene rings is 2. The number of hydrogen-bond donors (Lipinski definition) is 2. The van der Waals surface area contributed by atoms with Crippen LogP contribution in [0.25, 0.3) is 0 Å². The summed E-state index contributed by atoms with van der Waals surface area (Å²) in [5.74, 6) is -0.0481. The van der Waals surface area contributed by atoms with Crippen molar-refractivity contribution in [3.63, 3.8) is 0 Å². The zero-order valence-electron chi connectivity index (χ0n) is 18.2. The molecule has 0 saturated heterocycles. The molecule has 2 aromatic rings. The van der Waals surface area contributed by atoms with E-state index in [1.54, 1.807) is 37.3 Å². The Morgan fingerprint density at radius 1 is 0.938 bits per heavy atom. The second-order valence-corrected chi connectivity index (χ2v) is 7.54. The van der Waals surface area contributed by atoms with Crippen LogP contribution < -0.4 is 15.4 Å². The molecular formula is C25H28N2O5. The number of rotatable bonds is 7.